The number of aliphatic hydroxyl groups is 1. The van der Waals surface area contributed by atoms with Crippen molar-refractivity contribution in [1.29, 1.82) is 0 Å². The second-order valence-electron chi connectivity index (χ2n) is 6.07. The van der Waals surface area contributed by atoms with Crippen molar-refractivity contribution in [1.82, 2.24) is 0 Å². The Bertz CT molecular complexity index is 399. The number of carboxylic acid groups (broad SMARTS) is 1. The smallest absolute Gasteiger partial charge is 0.331 e. The number of aliphatic carboxylic acids is 1. The lowest BCUT2D eigenvalue weighted by molar-refractivity contribution is -0.133. The molecule has 2 saturated carbocycles. The van der Waals surface area contributed by atoms with Gasteiger partial charge in [0.25, 0.3) is 0 Å². The largest absolute Gasteiger partial charge is 0.478 e. The Hall–Kier alpha value is -1.09. The Morgan fingerprint density at radius 2 is 2.11 bits per heavy atom. The Balaban J connectivity index is 2.19. The molecule has 2 fully saturated rings. The summed E-state index contributed by atoms with van der Waals surface area (Å²) in [6, 6.07) is 0. The van der Waals surface area contributed by atoms with Crippen molar-refractivity contribution in [2.24, 2.45) is 17.3 Å². The third-order valence-electron chi connectivity index (χ3n) is 5.11. The summed E-state index contributed by atoms with van der Waals surface area (Å²) < 4.78 is 0. The molecule has 0 unspecified atom stereocenters. The molecule has 0 aromatic carbocycles. The van der Waals surface area contributed by atoms with Crippen molar-refractivity contribution < 1.29 is 15.0 Å². The number of carboxylic acids is 1. The van der Waals surface area contributed by atoms with Crippen molar-refractivity contribution in [3.63, 3.8) is 0 Å². The van der Waals surface area contributed by atoms with Gasteiger partial charge < -0.3 is 10.2 Å². The van der Waals surface area contributed by atoms with Gasteiger partial charge in [-0.1, -0.05) is 25.7 Å². The fourth-order valence-corrected chi connectivity index (χ4v) is 3.68. The first kappa shape index (κ1) is 13.3. The number of hydrogen-bond acceptors (Lipinski definition) is 2. The molecule has 3 nitrogen and oxygen atoms in total. The lowest BCUT2D eigenvalue weighted by Crippen LogP contribution is -2.47. The average Bonchev–Trinajstić information content (AvgIpc) is 2.33. The van der Waals surface area contributed by atoms with Gasteiger partial charge in [0.1, 0.15) is 0 Å². The van der Waals surface area contributed by atoms with Gasteiger partial charge in [-0.3, -0.25) is 0 Å². The molecule has 3 heteroatoms. The Morgan fingerprint density at radius 1 is 1.44 bits per heavy atom. The second kappa shape index (κ2) is 4.54. The van der Waals surface area contributed by atoms with E-state index in [4.69, 9.17) is 5.11 Å². The van der Waals surface area contributed by atoms with E-state index >= 15 is 0 Å². The molecular weight excluding hydrogens is 228 g/mol. The van der Waals surface area contributed by atoms with Gasteiger partial charge in [0, 0.05) is 11.0 Å². The number of fused-ring (bicyclic) bond motifs is 1. The third kappa shape index (κ3) is 2.01. The molecule has 0 aromatic rings. The molecule has 0 radical (unpaired) electrons. The van der Waals surface area contributed by atoms with Crippen molar-refractivity contribution >= 4 is 5.97 Å². The normalized spacial score (nSPS) is 40.1. The first-order valence-corrected chi connectivity index (χ1v) is 6.64. The van der Waals surface area contributed by atoms with Gasteiger partial charge in [-0.25, -0.2) is 4.79 Å². The first-order chi connectivity index (χ1) is 8.36. The van der Waals surface area contributed by atoms with Crippen LogP contribution in [-0.4, -0.2) is 22.3 Å². The zero-order valence-corrected chi connectivity index (χ0v) is 11.0. The molecule has 0 aromatic heterocycles. The molecule has 18 heavy (non-hydrogen) atoms. The van der Waals surface area contributed by atoms with Gasteiger partial charge in [0.2, 0.25) is 0 Å². The van der Waals surface area contributed by atoms with Gasteiger partial charge in [-0.15, -0.1) is 0 Å². The van der Waals surface area contributed by atoms with Crippen molar-refractivity contribution in [3.8, 4) is 0 Å². The van der Waals surface area contributed by atoms with Crippen LogP contribution < -0.4 is 0 Å². The molecule has 2 N–H and O–H groups in total. The molecule has 0 aliphatic heterocycles. The Morgan fingerprint density at radius 3 is 2.72 bits per heavy atom. The Kier molecular flexibility index (Phi) is 3.37. The molecule has 4 atom stereocenters. The topological polar surface area (TPSA) is 57.5 Å². The van der Waals surface area contributed by atoms with Crippen LogP contribution >= 0.6 is 0 Å². The summed E-state index contributed by atoms with van der Waals surface area (Å²) in [7, 11) is 0. The predicted molar refractivity (Wildman–Crippen MR) is 70.1 cm³/mol. The fraction of sp³-hybridized carbons (Fsp3) is 0.667. The van der Waals surface area contributed by atoms with Crippen LogP contribution in [-0.2, 0) is 4.79 Å². The van der Waals surface area contributed by atoms with Crippen molar-refractivity contribution in [2.45, 2.75) is 45.1 Å². The van der Waals surface area contributed by atoms with E-state index in [1.807, 2.05) is 0 Å². The highest BCUT2D eigenvalue weighted by molar-refractivity contribution is 5.86. The summed E-state index contributed by atoms with van der Waals surface area (Å²) in [6.45, 7) is 9.94. The number of carbonyl (C=O) groups is 1. The van der Waals surface area contributed by atoms with Crippen LogP contribution in [0.25, 0.3) is 0 Å². The van der Waals surface area contributed by atoms with Gasteiger partial charge in [-0.05, 0) is 43.9 Å². The van der Waals surface area contributed by atoms with E-state index < -0.39 is 5.97 Å². The maximum Gasteiger partial charge on any atom is 0.331 e. The predicted octanol–water partition coefficient (Wildman–Crippen LogP) is 2.76. The van der Waals surface area contributed by atoms with Gasteiger partial charge in [0.05, 0.1) is 6.10 Å². The van der Waals surface area contributed by atoms with Crippen LogP contribution in [0.4, 0.5) is 0 Å². The standard InChI is InChI=1S/C15H22O3/c1-9-4-5-13(16)15(3)7-6-11(8-12(9)15)10(2)14(17)18/h11-13,16H,1-2,4-8H2,3H3,(H,17,18)/t11-,12-,13-,15-/m1/s1. The monoisotopic (exact) mass is 250 g/mol. The lowest BCUT2D eigenvalue weighted by atomic mass is 9.55. The molecule has 2 aliphatic rings. The number of aliphatic hydroxyl groups excluding tert-OH is 1. The van der Waals surface area contributed by atoms with Crippen LogP contribution in [0, 0.1) is 17.3 Å². The van der Waals surface area contributed by atoms with Gasteiger partial charge >= 0.3 is 5.97 Å². The molecule has 100 valence electrons. The zero-order valence-electron chi connectivity index (χ0n) is 11.0. The van der Waals surface area contributed by atoms with Crippen LogP contribution in [0.3, 0.4) is 0 Å². The van der Waals surface area contributed by atoms with Gasteiger partial charge in [0.15, 0.2) is 0 Å². The quantitative estimate of drug-likeness (QED) is 0.585. The van der Waals surface area contributed by atoms with E-state index in [0.717, 1.165) is 32.1 Å². The lowest BCUT2D eigenvalue weighted by Gasteiger charge is -2.51. The second-order valence-corrected chi connectivity index (χ2v) is 6.07. The van der Waals surface area contributed by atoms with E-state index in [-0.39, 0.29) is 23.4 Å². The number of hydrogen-bond donors (Lipinski definition) is 2. The van der Waals surface area contributed by atoms with E-state index in [0.29, 0.717) is 5.57 Å². The highest BCUT2D eigenvalue weighted by Crippen LogP contribution is 2.54. The molecule has 2 rings (SSSR count). The average molecular weight is 250 g/mol. The molecule has 0 heterocycles. The third-order valence-corrected chi connectivity index (χ3v) is 5.11. The summed E-state index contributed by atoms with van der Waals surface area (Å²) >= 11 is 0. The minimum atomic E-state index is -0.898. The highest BCUT2D eigenvalue weighted by Gasteiger charge is 2.48. The van der Waals surface area contributed by atoms with Crippen LogP contribution in [0.15, 0.2) is 24.3 Å². The summed E-state index contributed by atoms with van der Waals surface area (Å²) in [6.07, 6.45) is 3.80. The maximum absolute atomic E-state index is 11.0. The molecule has 2 aliphatic carbocycles. The summed E-state index contributed by atoms with van der Waals surface area (Å²) in [5.41, 5.74) is 1.36. The van der Waals surface area contributed by atoms with Crippen LogP contribution in [0.1, 0.15) is 39.0 Å². The van der Waals surface area contributed by atoms with Crippen LogP contribution in [0.2, 0.25) is 0 Å². The number of allylic oxidation sites excluding steroid dienone is 1. The van der Waals surface area contributed by atoms with E-state index in [1.165, 1.54) is 5.57 Å². The van der Waals surface area contributed by atoms with Crippen LogP contribution in [0.5, 0.6) is 0 Å². The SMILES string of the molecule is C=C(C(=O)O)[C@@H]1CC[C@@]2(C)[C@H](O)CCC(=C)[C@H]2C1. The van der Waals surface area contributed by atoms with Crippen molar-refractivity contribution in [2.75, 3.05) is 0 Å². The number of rotatable bonds is 2. The summed E-state index contributed by atoms with van der Waals surface area (Å²) in [4.78, 5) is 11.0. The van der Waals surface area contributed by atoms with Crippen molar-refractivity contribution in [3.05, 3.63) is 24.3 Å². The minimum absolute atomic E-state index is 0.0302. The first-order valence-electron chi connectivity index (χ1n) is 6.64. The molecular formula is C15H22O3. The molecule has 0 amide bonds. The molecule has 0 saturated heterocycles. The summed E-state index contributed by atoms with van der Waals surface area (Å²) in [5, 5.41) is 19.3. The minimum Gasteiger partial charge on any atom is -0.478 e. The fourth-order valence-electron chi connectivity index (χ4n) is 3.68. The van der Waals surface area contributed by atoms with E-state index in [1.54, 1.807) is 0 Å². The zero-order chi connectivity index (χ0) is 13.5. The molecule has 0 spiro atoms. The Labute approximate surface area is 108 Å². The summed E-state index contributed by atoms with van der Waals surface area (Å²) in [5.74, 6) is -0.635. The van der Waals surface area contributed by atoms with E-state index in [9.17, 15) is 9.90 Å². The maximum atomic E-state index is 11.0. The molecule has 0 bridgehead atoms. The van der Waals surface area contributed by atoms with E-state index in [2.05, 4.69) is 20.1 Å². The van der Waals surface area contributed by atoms with Gasteiger partial charge in [-0.2, -0.15) is 0 Å². The highest BCUT2D eigenvalue weighted by atomic mass is 16.4.